The molecule has 4 heterocycles. The third-order valence-electron chi connectivity index (χ3n) is 5.05. The number of benzene rings is 1. The van der Waals surface area contributed by atoms with Crippen LogP contribution in [0.15, 0.2) is 36.7 Å². The summed E-state index contributed by atoms with van der Waals surface area (Å²) in [6, 6.07) is 8.73. The highest BCUT2D eigenvalue weighted by Crippen LogP contribution is 2.38. The van der Waals surface area contributed by atoms with E-state index in [1.54, 1.807) is 4.57 Å². The Bertz CT molecular complexity index is 1000. The lowest BCUT2D eigenvalue weighted by atomic mass is 9.98. The lowest BCUT2D eigenvalue weighted by molar-refractivity contribution is -0.298. The lowest BCUT2D eigenvalue weighted by Gasteiger charge is -2.44. The van der Waals surface area contributed by atoms with E-state index in [0.29, 0.717) is 11.2 Å². The Balaban J connectivity index is 1.44. The van der Waals surface area contributed by atoms with Crippen LogP contribution >= 0.6 is 11.6 Å². The molecule has 5 rings (SSSR count). The molecule has 2 aliphatic rings. The third-order valence-corrected chi connectivity index (χ3v) is 5.31. The predicted octanol–water partition coefficient (Wildman–Crippen LogP) is 2.45. The maximum absolute atomic E-state index is 15.5. The maximum atomic E-state index is 15.5. The van der Waals surface area contributed by atoms with Gasteiger partial charge in [-0.1, -0.05) is 41.9 Å². The number of fused-ring (bicyclic) bond motifs is 2. The first-order valence-electron chi connectivity index (χ1n) is 8.85. The van der Waals surface area contributed by atoms with Crippen molar-refractivity contribution in [2.45, 2.75) is 30.7 Å². The zero-order chi connectivity index (χ0) is 19.3. The van der Waals surface area contributed by atoms with Crippen molar-refractivity contribution >= 4 is 28.7 Å². The smallest absolute Gasteiger partial charge is 0.223 e. The first-order valence-corrected chi connectivity index (χ1v) is 9.23. The van der Waals surface area contributed by atoms with Crippen LogP contribution in [-0.2, 0) is 14.2 Å². The fourth-order valence-electron chi connectivity index (χ4n) is 3.66. The fraction of sp³-hybridized carbons (Fsp3) is 0.389. The normalized spacial score (nSPS) is 30.3. The van der Waals surface area contributed by atoms with Crippen molar-refractivity contribution in [1.29, 1.82) is 0 Å². The summed E-state index contributed by atoms with van der Waals surface area (Å²) in [7, 11) is 0. The molecule has 2 aromatic heterocycles. The molecule has 10 heteroatoms. The molecule has 0 aliphatic carbocycles. The minimum Gasteiger partial charge on any atom is -0.371 e. The number of aromatic nitrogens is 4. The van der Waals surface area contributed by atoms with E-state index in [1.807, 2.05) is 30.3 Å². The monoisotopic (exact) mass is 405 g/mol. The Labute approximate surface area is 164 Å². The summed E-state index contributed by atoms with van der Waals surface area (Å²) in [4.78, 5) is 12.2. The van der Waals surface area contributed by atoms with Gasteiger partial charge in [-0.3, -0.25) is 0 Å². The number of nitrogens with zero attached hydrogens (tertiary/aromatic N) is 4. The third kappa shape index (κ3) is 2.91. The van der Waals surface area contributed by atoms with Crippen molar-refractivity contribution in [1.82, 2.24) is 19.5 Å². The van der Waals surface area contributed by atoms with Gasteiger partial charge >= 0.3 is 0 Å². The molecule has 2 saturated heterocycles. The van der Waals surface area contributed by atoms with E-state index in [2.05, 4.69) is 15.0 Å². The molecule has 2 fully saturated rings. The molecule has 0 bridgehead atoms. The van der Waals surface area contributed by atoms with Gasteiger partial charge in [-0.25, -0.2) is 9.37 Å². The SMILES string of the molecule is Nc1nc(Cl)c2ncn([C@@H]3CO[C@@H]4COC(c5ccccc5)O[C@H]4[C@H]3F)c2n1. The molecular weight excluding hydrogens is 389 g/mol. The molecule has 0 radical (unpaired) electrons. The fourth-order valence-corrected chi connectivity index (χ4v) is 3.88. The molecule has 3 aromatic rings. The lowest BCUT2D eigenvalue weighted by Crippen LogP contribution is -2.54. The van der Waals surface area contributed by atoms with Gasteiger partial charge in [0.2, 0.25) is 5.95 Å². The van der Waals surface area contributed by atoms with Gasteiger partial charge in [0.25, 0.3) is 0 Å². The largest absolute Gasteiger partial charge is 0.371 e. The molecule has 0 saturated carbocycles. The molecule has 2 N–H and O–H groups in total. The van der Waals surface area contributed by atoms with Crippen molar-refractivity contribution in [3.63, 3.8) is 0 Å². The molecule has 0 amide bonds. The van der Waals surface area contributed by atoms with E-state index < -0.39 is 30.7 Å². The minimum atomic E-state index is -1.36. The number of hydrogen-bond acceptors (Lipinski definition) is 7. The van der Waals surface area contributed by atoms with Crippen molar-refractivity contribution in [3.8, 4) is 0 Å². The van der Waals surface area contributed by atoms with Crippen LogP contribution in [-0.4, -0.2) is 51.1 Å². The average Bonchev–Trinajstić information content (AvgIpc) is 3.13. The minimum absolute atomic E-state index is 0.00396. The number of alkyl halides is 1. The number of ether oxygens (including phenoxy) is 3. The summed E-state index contributed by atoms with van der Waals surface area (Å²) in [6.07, 6.45) is -1.80. The quantitative estimate of drug-likeness (QED) is 0.654. The second-order valence-electron chi connectivity index (χ2n) is 6.76. The molecule has 1 unspecified atom stereocenters. The zero-order valence-corrected chi connectivity index (χ0v) is 15.4. The number of hydrogen-bond donors (Lipinski definition) is 1. The van der Waals surface area contributed by atoms with Gasteiger partial charge in [-0.2, -0.15) is 9.97 Å². The van der Waals surface area contributed by atoms with Gasteiger partial charge in [0.1, 0.15) is 17.7 Å². The summed E-state index contributed by atoms with van der Waals surface area (Å²) in [6.45, 7) is 0.376. The summed E-state index contributed by atoms with van der Waals surface area (Å²) >= 11 is 6.08. The summed E-state index contributed by atoms with van der Waals surface area (Å²) < 4.78 is 34.6. The molecule has 8 nitrogen and oxygen atoms in total. The van der Waals surface area contributed by atoms with E-state index in [9.17, 15) is 0 Å². The van der Waals surface area contributed by atoms with Crippen LogP contribution < -0.4 is 5.73 Å². The van der Waals surface area contributed by atoms with Crippen molar-refractivity contribution < 1.29 is 18.6 Å². The van der Waals surface area contributed by atoms with Gasteiger partial charge in [0.05, 0.1) is 25.6 Å². The second-order valence-corrected chi connectivity index (χ2v) is 7.11. The maximum Gasteiger partial charge on any atom is 0.223 e. The number of imidazole rings is 1. The van der Waals surface area contributed by atoms with E-state index in [1.165, 1.54) is 6.33 Å². The first-order chi connectivity index (χ1) is 13.6. The van der Waals surface area contributed by atoms with E-state index in [-0.39, 0.29) is 24.3 Å². The van der Waals surface area contributed by atoms with Crippen molar-refractivity contribution in [3.05, 3.63) is 47.4 Å². The second kappa shape index (κ2) is 6.93. The number of nitrogen functional groups attached to an aromatic ring is 1. The van der Waals surface area contributed by atoms with Gasteiger partial charge in [0, 0.05) is 5.56 Å². The van der Waals surface area contributed by atoms with Crippen LogP contribution in [0.1, 0.15) is 17.9 Å². The van der Waals surface area contributed by atoms with E-state index >= 15 is 4.39 Å². The molecule has 146 valence electrons. The highest BCUT2D eigenvalue weighted by atomic mass is 35.5. The predicted molar refractivity (Wildman–Crippen MR) is 98.4 cm³/mol. The summed E-state index contributed by atoms with van der Waals surface area (Å²) in [5, 5.41) is 0.123. The van der Waals surface area contributed by atoms with Gasteiger partial charge < -0.3 is 24.5 Å². The molecule has 0 spiro atoms. The Morgan fingerprint density at radius 2 is 1.96 bits per heavy atom. The summed E-state index contributed by atoms with van der Waals surface area (Å²) in [5.41, 5.74) is 7.24. The van der Waals surface area contributed by atoms with Crippen LogP contribution in [0.4, 0.5) is 10.3 Å². The van der Waals surface area contributed by atoms with Gasteiger partial charge in [0.15, 0.2) is 23.3 Å². The highest BCUT2D eigenvalue weighted by molar-refractivity contribution is 6.33. The van der Waals surface area contributed by atoms with Crippen molar-refractivity contribution in [2.24, 2.45) is 0 Å². The van der Waals surface area contributed by atoms with Crippen LogP contribution in [0.3, 0.4) is 0 Å². The first kappa shape index (κ1) is 17.7. The van der Waals surface area contributed by atoms with Crippen LogP contribution in [0.2, 0.25) is 5.15 Å². The number of anilines is 1. The standard InChI is InChI=1S/C18H17ClFN5O3/c19-15-13-16(24-18(21)23-15)25(8-22-13)10-6-26-11-7-27-17(28-14(11)12(10)20)9-4-2-1-3-5-9/h1-5,8,10-12,14,17H,6-7H2,(H2,21,23,24)/t10-,11-,12+,14-,17?/m1/s1. The van der Waals surface area contributed by atoms with Crippen molar-refractivity contribution in [2.75, 3.05) is 18.9 Å². The Kier molecular flexibility index (Phi) is 4.39. The van der Waals surface area contributed by atoms with Crippen LogP contribution in [0.25, 0.3) is 11.2 Å². The Morgan fingerprint density at radius 1 is 1.14 bits per heavy atom. The van der Waals surface area contributed by atoms with Crippen LogP contribution in [0.5, 0.6) is 0 Å². The Morgan fingerprint density at radius 3 is 2.79 bits per heavy atom. The number of nitrogens with two attached hydrogens (primary N) is 1. The molecular formula is C18H17ClFN5O3. The molecule has 28 heavy (non-hydrogen) atoms. The van der Waals surface area contributed by atoms with E-state index in [0.717, 1.165) is 5.56 Å². The van der Waals surface area contributed by atoms with Gasteiger partial charge in [-0.15, -0.1) is 0 Å². The summed E-state index contributed by atoms with van der Waals surface area (Å²) in [5.74, 6) is -0.00396. The van der Waals surface area contributed by atoms with Gasteiger partial charge in [-0.05, 0) is 0 Å². The number of rotatable bonds is 2. The molecule has 2 aliphatic heterocycles. The van der Waals surface area contributed by atoms with E-state index in [4.69, 9.17) is 31.5 Å². The molecule has 1 aromatic carbocycles. The Hall–Kier alpha value is -2.33. The zero-order valence-electron chi connectivity index (χ0n) is 14.6. The average molecular weight is 406 g/mol. The highest BCUT2D eigenvalue weighted by Gasteiger charge is 2.47. The number of halogens is 2. The van der Waals surface area contributed by atoms with Crippen LogP contribution in [0, 0.1) is 0 Å². The topological polar surface area (TPSA) is 97.3 Å². The molecule has 5 atom stereocenters.